The number of fused-ring (bicyclic) bond motifs is 2. The van der Waals surface area contributed by atoms with Crippen LogP contribution in [-0.2, 0) is 12.4 Å². The Balaban J connectivity index is 1.79. The smallest absolute Gasteiger partial charge is 0.223 e. The molecule has 2 aromatic heterocycles. The number of rotatable bonds is 0. The first kappa shape index (κ1) is 24.1. The Morgan fingerprint density at radius 1 is 0.421 bits per heavy atom. The van der Waals surface area contributed by atoms with E-state index >= 15 is 0 Å². The summed E-state index contributed by atoms with van der Waals surface area (Å²) in [5.74, 6) is -2.81. The van der Waals surface area contributed by atoms with E-state index < -0.39 is 24.0 Å². The molecule has 5 aromatic carbocycles. The molecule has 0 aliphatic carbocycles. The largest absolute Gasteiger partial charge is 0.451 e. The number of hydrogen-bond acceptors (Lipinski definition) is 4. The first-order valence-corrected chi connectivity index (χ1v) is 12.0. The van der Waals surface area contributed by atoms with E-state index in [2.05, 4.69) is 19.9 Å². The van der Waals surface area contributed by atoms with Gasteiger partial charge < -0.3 is 0 Å². The zero-order valence-electron chi connectivity index (χ0n) is 17.9. The van der Waals surface area contributed by atoms with Crippen LogP contribution in [0.5, 0.6) is 0 Å². The molecule has 7 rings (SSSR count). The molecule has 0 radical (unpaired) electrons. The molecule has 0 unspecified atom stereocenters. The molecule has 0 saturated carbocycles. The van der Waals surface area contributed by atoms with Crippen LogP contribution in [0.25, 0.3) is 65.2 Å². The van der Waals surface area contributed by atoms with Crippen LogP contribution in [0, 0.1) is 0 Å². The minimum absolute atomic E-state index is 0.112. The van der Waals surface area contributed by atoms with Crippen molar-refractivity contribution in [2.45, 2.75) is 12.4 Å². The number of nitrogens with zero attached hydrogens (tertiary/aromatic N) is 4. The zero-order chi connectivity index (χ0) is 27.0. The van der Waals surface area contributed by atoms with E-state index in [1.54, 1.807) is 0 Å². The summed E-state index contributed by atoms with van der Waals surface area (Å²) in [6.07, 6.45) is -9.71. The molecule has 0 bridgehead atoms. The molecule has 0 atom stereocenters. The van der Waals surface area contributed by atoms with Crippen molar-refractivity contribution in [3.8, 4) is 0 Å². The quantitative estimate of drug-likeness (QED) is 0.0983. The molecule has 4 nitrogen and oxygen atoms in total. The summed E-state index contributed by atoms with van der Waals surface area (Å²) >= 11 is 25.8. The van der Waals surface area contributed by atoms with Gasteiger partial charge in [0.15, 0.2) is 0 Å². The highest BCUT2D eigenvalue weighted by Crippen LogP contribution is 2.50. The molecule has 0 saturated heterocycles. The predicted molar refractivity (Wildman–Crippen MR) is 135 cm³/mol. The van der Waals surface area contributed by atoms with Crippen LogP contribution < -0.4 is 0 Å². The summed E-state index contributed by atoms with van der Waals surface area (Å²) in [5.41, 5.74) is -0.640. The summed E-state index contributed by atoms with van der Waals surface area (Å²) in [6, 6.07) is 5.72. The fraction of sp³-hybridized carbons (Fsp3) is 0.0833. The lowest BCUT2D eigenvalue weighted by molar-refractivity contribution is -0.145. The first-order valence-electron chi connectivity index (χ1n) is 10.5. The summed E-state index contributed by atoms with van der Waals surface area (Å²) in [7, 11) is 0. The van der Waals surface area contributed by atoms with E-state index in [1.807, 2.05) is 0 Å². The molecule has 14 heteroatoms. The van der Waals surface area contributed by atoms with Crippen molar-refractivity contribution in [3.63, 3.8) is 0 Å². The number of alkyl halides is 6. The van der Waals surface area contributed by atoms with Crippen molar-refractivity contribution >= 4 is 112 Å². The highest BCUT2D eigenvalue weighted by molar-refractivity contribution is 6.50. The van der Waals surface area contributed by atoms with Gasteiger partial charge in [-0.15, -0.1) is 0 Å². The van der Waals surface area contributed by atoms with Gasteiger partial charge in [0.05, 0.1) is 42.2 Å². The van der Waals surface area contributed by atoms with Crippen LogP contribution in [0.15, 0.2) is 24.3 Å². The van der Waals surface area contributed by atoms with E-state index in [1.165, 1.54) is 24.3 Å². The Morgan fingerprint density at radius 3 is 0.868 bits per heavy atom. The van der Waals surface area contributed by atoms with Gasteiger partial charge in [-0.3, -0.25) is 0 Å². The van der Waals surface area contributed by atoms with Gasteiger partial charge in [0, 0.05) is 21.5 Å². The first-order chi connectivity index (χ1) is 17.8. The van der Waals surface area contributed by atoms with Crippen molar-refractivity contribution in [3.05, 3.63) is 56.0 Å². The summed E-state index contributed by atoms with van der Waals surface area (Å²) in [6.45, 7) is 0. The Morgan fingerprint density at radius 2 is 0.658 bits per heavy atom. The lowest BCUT2D eigenvalue weighted by Gasteiger charge is -2.20. The highest BCUT2D eigenvalue weighted by Gasteiger charge is 2.38. The molecular weight excluding hydrogens is 600 g/mol. The van der Waals surface area contributed by atoms with E-state index in [9.17, 15) is 26.3 Å². The van der Waals surface area contributed by atoms with Crippen molar-refractivity contribution in [1.29, 1.82) is 0 Å². The lowest BCUT2D eigenvalue weighted by atomic mass is 9.88. The van der Waals surface area contributed by atoms with Gasteiger partial charge >= 0.3 is 12.4 Å². The molecule has 0 N–H and O–H groups in total. The van der Waals surface area contributed by atoms with Gasteiger partial charge in [0.2, 0.25) is 11.6 Å². The average molecular weight is 604 g/mol. The molecular formula is C24H4Cl4F6N4. The molecule has 0 aliphatic heterocycles. The normalized spacial score (nSPS) is 13.5. The fourth-order valence-corrected chi connectivity index (χ4v) is 6.07. The second-order valence-corrected chi connectivity index (χ2v) is 10.2. The van der Waals surface area contributed by atoms with Crippen LogP contribution in [0.4, 0.5) is 26.3 Å². The van der Waals surface area contributed by atoms with Crippen molar-refractivity contribution in [1.82, 2.24) is 19.9 Å². The number of aromatic nitrogens is 4. The maximum atomic E-state index is 13.5. The summed E-state index contributed by atoms with van der Waals surface area (Å²) < 4.78 is 81.2. The van der Waals surface area contributed by atoms with Gasteiger partial charge in [-0.2, -0.15) is 26.3 Å². The highest BCUT2D eigenvalue weighted by atomic mass is 35.5. The molecule has 190 valence electrons. The minimum Gasteiger partial charge on any atom is -0.223 e. The van der Waals surface area contributed by atoms with Crippen molar-refractivity contribution in [2.24, 2.45) is 0 Å². The molecule has 7 aromatic rings. The number of benzene rings is 5. The third-order valence-corrected chi connectivity index (χ3v) is 7.62. The van der Waals surface area contributed by atoms with Crippen LogP contribution in [-0.4, -0.2) is 19.9 Å². The third kappa shape index (κ3) is 3.08. The van der Waals surface area contributed by atoms with Crippen molar-refractivity contribution in [2.75, 3.05) is 0 Å². The predicted octanol–water partition coefficient (Wildman–Crippen LogP) is 9.71. The molecule has 0 aliphatic rings. The van der Waals surface area contributed by atoms with Crippen molar-refractivity contribution < 1.29 is 26.3 Å². The average Bonchev–Trinajstić information content (AvgIpc) is 2.83. The van der Waals surface area contributed by atoms with Gasteiger partial charge in [-0.05, 0) is 45.8 Å². The maximum Gasteiger partial charge on any atom is 0.451 e. The minimum atomic E-state index is -4.86. The van der Waals surface area contributed by atoms with Gasteiger partial charge in [-0.25, -0.2) is 19.9 Å². The second kappa shape index (κ2) is 7.38. The van der Waals surface area contributed by atoms with E-state index in [-0.39, 0.29) is 52.9 Å². The van der Waals surface area contributed by atoms with Crippen LogP contribution >= 0.6 is 46.4 Å². The molecule has 0 spiro atoms. The van der Waals surface area contributed by atoms with Gasteiger partial charge in [-0.1, -0.05) is 46.4 Å². The van der Waals surface area contributed by atoms with Crippen LogP contribution in [0.3, 0.4) is 0 Å². The fourth-order valence-electron chi connectivity index (χ4n) is 5.09. The van der Waals surface area contributed by atoms with Crippen LogP contribution in [0.1, 0.15) is 11.6 Å². The maximum absolute atomic E-state index is 13.5. The topological polar surface area (TPSA) is 51.6 Å². The molecule has 38 heavy (non-hydrogen) atoms. The molecule has 0 fully saturated rings. The Kier molecular flexibility index (Phi) is 4.69. The van der Waals surface area contributed by atoms with E-state index in [4.69, 9.17) is 46.4 Å². The summed E-state index contributed by atoms with van der Waals surface area (Å²) in [5, 5.41) is 2.59. The standard InChI is InChI=1S/C24H4Cl4F6N4/c25-9-1-5-6-2-10(26)19-16-14(6)8(4-12(28)20(16)38-22(37-19)24(32,33)34)7-3-11(27)18-15(13(5)7)17(9)35-21(36-18)23(29,30)31/h1-4H. The third-order valence-electron chi connectivity index (χ3n) is 6.47. The Labute approximate surface area is 225 Å². The Hall–Kier alpha value is -2.92. The zero-order valence-corrected chi connectivity index (χ0v) is 20.9. The SMILES string of the molecule is FC(F)(F)c1nc2c(Cl)cc3c4cc(Cl)c5nc(C(F)(F)F)nc6c(Cl)cc(c7cc(Cl)c(n1)c2c37)c4c56. The second-order valence-electron chi connectivity index (χ2n) is 8.61. The van der Waals surface area contributed by atoms with Gasteiger partial charge in [0.1, 0.15) is 0 Å². The molecule has 2 heterocycles. The van der Waals surface area contributed by atoms with E-state index in [0.29, 0.717) is 32.3 Å². The van der Waals surface area contributed by atoms with Gasteiger partial charge in [0.25, 0.3) is 0 Å². The lowest BCUT2D eigenvalue weighted by Crippen LogP contribution is -2.12. The molecule has 0 amide bonds. The van der Waals surface area contributed by atoms with Crippen LogP contribution in [0.2, 0.25) is 20.1 Å². The Bertz CT molecular complexity index is 1880. The monoisotopic (exact) mass is 602 g/mol. The summed E-state index contributed by atoms with van der Waals surface area (Å²) in [4.78, 5) is 14.7. The number of hydrogen-bond donors (Lipinski definition) is 0. The number of halogens is 10. The van der Waals surface area contributed by atoms with E-state index in [0.717, 1.165) is 0 Å².